The van der Waals surface area contributed by atoms with Crippen LogP contribution in [0.4, 0.5) is 0 Å². The van der Waals surface area contributed by atoms with E-state index in [1.807, 2.05) is 0 Å². The standard InChI is InChI=1S/C14H16Cl2O4/c1-2-19-13(17)5-3-4-6-14(18)20-10-7-8-11(15)12(16)9-10/h7-9H,2-6H2,1H3. The molecule has 1 aromatic rings. The van der Waals surface area contributed by atoms with Gasteiger partial charge in [-0.25, -0.2) is 0 Å². The summed E-state index contributed by atoms with van der Waals surface area (Å²) in [5.74, 6) is -0.257. The minimum atomic E-state index is -0.368. The molecule has 0 aromatic heterocycles. The fraction of sp³-hybridized carbons (Fsp3) is 0.429. The van der Waals surface area contributed by atoms with E-state index < -0.39 is 0 Å². The summed E-state index contributed by atoms with van der Waals surface area (Å²) >= 11 is 11.6. The second-order valence-electron chi connectivity index (χ2n) is 4.06. The molecule has 1 rings (SSSR count). The summed E-state index contributed by atoms with van der Waals surface area (Å²) < 4.78 is 9.89. The molecule has 1 aromatic carbocycles. The van der Waals surface area contributed by atoms with Gasteiger partial charge in [0.25, 0.3) is 0 Å². The van der Waals surface area contributed by atoms with E-state index in [-0.39, 0.29) is 18.4 Å². The van der Waals surface area contributed by atoms with Gasteiger partial charge in [-0.2, -0.15) is 0 Å². The summed E-state index contributed by atoms with van der Waals surface area (Å²) in [6, 6.07) is 4.62. The second-order valence-corrected chi connectivity index (χ2v) is 4.88. The number of halogens is 2. The minimum absolute atomic E-state index is 0.236. The van der Waals surface area contributed by atoms with Crippen molar-refractivity contribution in [2.24, 2.45) is 0 Å². The molecule has 0 N–H and O–H groups in total. The first-order chi connectivity index (χ1) is 9.52. The Morgan fingerprint density at radius 3 is 2.30 bits per heavy atom. The van der Waals surface area contributed by atoms with Gasteiger partial charge in [-0.05, 0) is 31.9 Å². The van der Waals surface area contributed by atoms with Crippen LogP contribution in [0.15, 0.2) is 18.2 Å². The van der Waals surface area contributed by atoms with Crippen LogP contribution in [0.25, 0.3) is 0 Å². The molecular weight excluding hydrogens is 303 g/mol. The van der Waals surface area contributed by atoms with E-state index in [9.17, 15) is 9.59 Å². The van der Waals surface area contributed by atoms with Crippen molar-refractivity contribution >= 4 is 35.1 Å². The van der Waals surface area contributed by atoms with Crippen LogP contribution in [0, 0.1) is 0 Å². The third-order valence-electron chi connectivity index (χ3n) is 2.44. The van der Waals surface area contributed by atoms with Gasteiger partial charge < -0.3 is 9.47 Å². The predicted molar refractivity (Wildman–Crippen MR) is 77.2 cm³/mol. The average molecular weight is 319 g/mol. The Morgan fingerprint density at radius 2 is 1.70 bits per heavy atom. The number of hydrogen-bond acceptors (Lipinski definition) is 4. The molecule has 0 aliphatic carbocycles. The molecule has 0 radical (unpaired) electrons. The number of benzene rings is 1. The molecule has 0 atom stereocenters. The van der Waals surface area contributed by atoms with Crippen LogP contribution in [-0.4, -0.2) is 18.5 Å². The van der Waals surface area contributed by atoms with Crippen molar-refractivity contribution in [3.05, 3.63) is 28.2 Å². The normalized spacial score (nSPS) is 10.2. The maximum atomic E-state index is 11.6. The molecule has 0 aliphatic rings. The number of esters is 2. The van der Waals surface area contributed by atoms with E-state index in [0.717, 1.165) is 0 Å². The molecule has 6 heteroatoms. The summed E-state index contributed by atoms with van der Waals surface area (Å²) in [5.41, 5.74) is 0. The van der Waals surface area contributed by atoms with Crippen LogP contribution in [0.2, 0.25) is 10.0 Å². The highest BCUT2D eigenvalue weighted by molar-refractivity contribution is 6.42. The third kappa shape index (κ3) is 6.26. The van der Waals surface area contributed by atoms with Gasteiger partial charge in [0.1, 0.15) is 5.75 Å². The van der Waals surface area contributed by atoms with Gasteiger partial charge >= 0.3 is 11.9 Å². The molecular formula is C14H16Cl2O4. The van der Waals surface area contributed by atoms with Crippen molar-refractivity contribution in [1.82, 2.24) is 0 Å². The van der Waals surface area contributed by atoms with Crippen LogP contribution >= 0.6 is 23.2 Å². The summed E-state index contributed by atoms with van der Waals surface area (Å²) in [6.45, 7) is 2.13. The molecule has 0 fully saturated rings. The lowest BCUT2D eigenvalue weighted by Gasteiger charge is -2.05. The lowest BCUT2D eigenvalue weighted by Crippen LogP contribution is -2.08. The molecule has 0 aliphatic heterocycles. The van der Waals surface area contributed by atoms with Crippen molar-refractivity contribution in [3.8, 4) is 5.75 Å². The van der Waals surface area contributed by atoms with Crippen LogP contribution in [-0.2, 0) is 14.3 Å². The van der Waals surface area contributed by atoms with Crippen molar-refractivity contribution in [3.63, 3.8) is 0 Å². The van der Waals surface area contributed by atoms with E-state index in [4.69, 9.17) is 32.7 Å². The zero-order chi connectivity index (χ0) is 15.0. The fourth-order valence-corrected chi connectivity index (χ4v) is 1.78. The number of hydrogen-bond donors (Lipinski definition) is 0. The highest BCUT2D eigenvalue weighted by atomic mass is 35.5. The van der Waals surface area contributed by atoms with Gasteiger partial charge in [-0.3, -0.25) is 9.59 Å². The van der Waals surface area contributed by atoms with Gasteiger partial charge in [-0.1, -0.05) is 23.2 Å². The smallest absolute Gasteiger partial charge is 0.311 e. The molecule has 20 heavy (non-hydrogen) atoms. The Hall–Kier alpha value is -1.26. The molecule has 0 unspecified atom stereocenters. The number of unbranched alkanes of at least 4 members (excludes halogenated alkanes) is 1. The third-order valence-corrected chi connectivity index (χ3v) is 3.18. The highest BCUT2D eigenvalue weighted by Crippen LogP contribution is 2.26. The maximum Gasteiger partial charge on any atom is 0.311 e. The van der Waals surface area contributed by atoms with Crippen molar-refractivity contribution in [2.45, 2.75) is 32.6 Å². The SMILES string of the molecule is CCOC(=O)CCCCC(=O)Oc1ccc(Cl)c(Cl)c1. The first kappa shape index (κ1) is 16.8. The molecule has 0 bridgehead atoms. The van der Waals surface area contributed by atoms with E-state index in [1.165, 1.54) is 6.07 Å². The molecule has 0 heterocycles. The van der Waals surface area contributed by atoms with E-state index in [1.54, 1.807) is 19.1 Å². The van der Waals surface area contributed by atoms with E-state index in [0.29, 0.717) is 41.7 Å². The Balaban J connectivity index is 2.26. The van der Waals surface area contributed by atoms with Gasteiger partial charge in [-0.15, -0.1) is 0 Å². The molecule has 0 spiro atoms. The average Bonchev–Trinajstić information content (AvgIpc) is 2.39. The zero-order valence-electron chi connectivity index (χ0n) is 11.2. The van der Waals surface area contributed by atoms with E-state index >= 15 is 0 Å². The summed E-state index contributed by atoms with van der Waals surface area (Å²) in [5, 5.41) is 0.736. The highest BCUT2D eigenvalue weighted by Gasteiger charge is 2.08. The second kappa shape index (κ2) is 8.82. The van der Waals surface area contributed by atoms with E-state index in [2.05, 4.69) is 0 Å². The molecule has 0 saturated heterocycles. The fourth-order valence-electron chi connectivity index (χ4n) is 1.49. The first-order valence-electron chi connectivity index (χ1n) is 6.34. The summed E-state index contributed by atoms with van der Waals surface area (Å²) in [7, 11) is 0. The largest absolute Gasteiger partial charge is 0.466 e. The van der Waals surface area contributed by atoms with Gasteiger partial charge in [0.15, 0.2) is 0 Å². The number of ether oxygens (including phenoxy) is 2. The van der Waals surface area contributed by atoms with Crippen LogP contribution in [0.5, 0.6) is 5.75 Å². The predicted octanol–water partition coefficient (Wildman–Crippen LogP) is 4.02. The lowest BCUT2D eigenvalue weighted by molar-refractivity contribution is -0.143. The van der Waals surface area contributed by atoms with Crippen molar-refractivity contribution < 1.29 is 19.1 Å². The summed E-state index contributed by atoms with van der Waals surface area (Å²) in [4.78, 5) is 22.6. The zero-order valence-corrected chi connectivity index (χ0v) is 12.7. The monoisotopic (exact) mass is 318 g/mol. The molecule has 0 amide bonds. The molecule has 4 nitrogen and oxygen atoms in total. The number of carbonyl (C=O) groups excluding carboxylic acids is 2. The lowest BCUT2D eigenvalue weighted by atomic mass is 10.2. The molecule has 110 valence electrons. The Bertz CT molecular complexity index is 474. The number of carbonyl (C=O) groups is 2. The van der Waals surface area contributed by atoms with Crippen LogP contribution in [0.1, 0.15) is 32.6 Å². The Morgan fingerprint density at radius 1 is 1.05 bits per heavy atom. The quantitative estimate of drug-likeness (QED) is 0.433. The van der Waals surface area contributed by atoms with Crippen molar-refractivity contribution in [1.29, 1.82) is 0 Å². The van der Waals surface area contributed by atoms with Gasteiger partial charge in [0.05, 0.1) is 16.7 Å². The molecule has 0 saturated carbocycles. The Kier molecular flexibility index (Phi) is 7.41. The maximum absolute atomic E-state index is 11.6. The first-order valence-corrected chi connectivity index (χ1v) is 7.10. The number of rotatable bonds is 7. The topological polar surface area (TPSA) is 52.6 Å². The minimum Gasteiger partial charge on any atom is -0.466 e. The van der Waals surface area contributed by atoms with Gasteiger partial charge in [0.2, 0.25) is 0 Å². The van der Waals surface area contributed by atoms with Gasteiger partial charge in [0, 0.05) is 18.9 Å². The summed E-state index contributed by atoms with van der Waals surface area (Å²) in [6.07, 6.45) is 1.71. The van der Waals surface area contributed by atoms with Crippen LogP contribution < -0.4 is 4.74 Å². The Labute approximate surface area is 128 Å². The van der Waals surface area contributed by atoms with Crippen LogP contribution in [0.3, 0.4) is 0 Å². The van der Waals surface area contributed by atoms with Crippen molar-refractivity contribution in [2.75, 3.05) is 6.61 Å².